The topological polar surface area (TPSA) is 83.8 Å². The summed E-state index contributed by atoms with van der Waals surface area (Å²) in [5.41, 5.74) is 2.13. The van der Waals surface area contributed by atoms with Crippen LogP contribution in [0.15, 0.2) is 29.7 Å². The van der Waals surface area contributed by atoms with Gasteiger partial charge in [0, 0.05) is 55.7 Å². The lowest BCUT2D eigenvalue weighted by molar-refractivity contribution is -0.115. The Hall–Kier alpha value is -2.81. The third-order valence-corrected chi connectivity index (χ3v) is 5.09. The summed E-state index contributed by atoms with van der Waals surface area (Å²) >= 11 is 1.17. The third-order valence-electron chi connectivity index (χ3n) is 4.40. The van der Waals surface area contributed by atoms with Gasteiger partial charge in [-0.1, -0.05) is 0 Å². The molecule has 2 aromatic heterocycles. The van der Waals surface area contributed by atoms with E-state index < -0.39 is 0 Å². The number of ketones is 2. The summed E-state index contributed by atoms with van der Waals surface area (Å²) in [5, 5.41) is 4.81. The van der Waals surface area contributed by atoms with Crippen LogP contribution in [0, 0.1) is 6.92 Å². The second-order valence-corrected chi connectivity index (χ2v) is 6.94. The Morgan fingerprint density at radius 3 is 2.52 bits per heavy atom. The van der Waals surface area contributed by atoms with Crippen molar-refractivity contribution < 1.29 is 9.59 Å². The zero-order chi connectivity index (χ0) is 17.1. The first-order chi connectivity index (χ1) is 12.1. The van der Waals surface area contributed by atoms with E-state index in [0.717, 1.165) is 31.9 Å². The standard InChI is InChI=1S/C16H14N6O2S/c1-9-2-3-17-22(9)16-18-15(19-25-16)12-13(21-6-7-21)11(23)8-10(14(12)24)20-4-5-20/h2-3,8H,4-7H2,1H3. The summed E-state index contributed by atoms with van der Waals surface area (Å²) in [6, 6.07) is 1.87. The maximum absolute atomic E-state index is 13.0. The van der Waals surface area contributed by atoms with Gasteiger partial charge in [0.1, 0.15) is 5.70 Å². The minimum Gasteiger partial charge on any atom is -0.365 e. The number of Topliss-reactive ketones (excluding diaryl/α,β-unsaturated/α-hetero) is 1. The molecule has 2 fully saturated rings. The van der Waals surface area contributed by atoms with Crippen LogP contribution < -0.4 is 0 Å². The van der Waals surface area contributed by atoms with Gasteiger partial charge in [0.2, 0.25) is 16.7 Å². The van der Waals surface area contributed by atoms with Crippen LogP contribution in [0.5, 0.6) is 0 Å². The average molecular weight is 354 g/mol. The van der Waals surface area contributed by atoms with E-state index in [4.69, 9.17) is 0 Å². The van der Waals surface area contributed by atoms with Gasteiger partial charge in [-0.25, -0.2) is 4.68 Å². The van der Waals surface area contributed by atoms with Crippen molar-refractivity contribution in [3.8, 4) is 5.13 Å². The highest BCUT2D eigenvalue weighted by Crippen LogP contribution is 2.34. The Kier molecular flexibility index (Phi) is 2.96. The Morgan fingerprint density at radius 1 is 1.12 bits per heavy atom. The van der Waals surface area contributed by atoms with E-state index in [9.17, 15) is 9.59 Å². The van der Waals surface area contributed by atoms with Crippen LogP contribution in [0.4, 0.5) is 0 Å². The van der Waals surface area contributed by atoms with Gasteiger partial charge >= 0.3 is 0 Å². The van der Waals surface area contributed by atoms with Gasteiger partial charge < -0.3 is 9.80 Å². The minimum absolute atomic E-state index is 0.138. The van der Waals surface area contributed by atoms with E-state index >= 15 is 0 Å². The van der Waals surface area contributed by atoms with Crippen molar-refractivity contribution in [3.05, 3.63) is 41.3 Å². The number of aromatic nitrogens is 4. The van der Waals surface area contributed by atoms with Crippen molar-refractivity contribution in [2.45, 2.75) is 6.92 Å². The smallest absolute Gasteiger partial charge is 0.230 e. The minimum atomic E-state index is -0.166. The molecule has 0 bridgehead atoms. The van der Waals surface area contributed by atoms with Crippen molar-refractivity contribution in [2.75, 3.05) is 26.2 Å². The van der Waals surface area contributed by atoms with Crippen molar-refractivity contribution in [1.29, 1.82) is 0 Å². The number of nitrogens with zero attached hydrogens (tertiary/aromatic N) is 6. The van der Waals surface area contributed by atoms with Crippen LogP contribution in [0.1, 0.15) is 11.5 Å². The molecule has 4 heterocycles. The number of rotatable bonds is 4. The highest BCUT2D eigenvalue weighted by atomic mass is 32.1. The number of allylic oxidation sites excluding steroid dienone is 2. The summed E-state index contributed by atoms with van der Waals surface area (Å²) in [4.78, 5) is 33.9. The zero-order valence-electron chi connectivity index (χ0n) is 13.5. The predicted molar refractivity (Wildman–Crippen MR) is 89.9 cm³/mol. The van der Waals surface area contributed by atoms with Crippen LogP contribution in [-0.4, -0.2) is 66.7 Å². The van der Waals surface area contributed by atoms with Gasteiger partial charge in [0.15, 0.2) is 5.82 Å². The maximum Gasteiger partial charge on any atom is 0.230 e. The van der Waals surface area contributed by atoms with E-state index in [2.05, 4.69) is 14.5 Å². The molecule has 3 aliphatic rings. The van der Waals surface area contributed by atoms with Crippen molar-refractivity contribution in [3.63, 3.8) is 0 Å². The second-order valence-electron chi connectivity index (χ2n) is 6.21. The van der Waals surface area contributed by atoms with Gasteiger partial charge in [0.05, 0.1) is 11.3 Å². The molecule has 0 unspecified atom stereocenters. The maximum atomic E-state index is 13.0. The molecule has 8 nitrogen and oxygen atoms in total. The number of aryl methyl sites for hydroxylation is 1. The average Bonchev–Trinajstić information content (AvgIpc) is 3.51. The summed E-state index contributed by atoms with van der Waals surface area (Å²) in [5.74, 6) is 0.00348. The molecule has 1 aliphatic carbocycles. The van der Waals surface area contributed by atoms with Gasteiger partial charge in [-0.3, -0.25) is 9.59 Å². The lowest BCUT2D eigenvalue weighted by Gasteiger charge is -2.19. The fourth-order valence-corrected chi connectivity index (χ4v) is 3.61. The number of hydrogen-bond donors (Lipinski definition) is 0. The fourth-order valence-electron chi connectivity index (χ4n) is 2.91. The molecule has 0 N–H and O–H groups in total. The van der Waals surface area contributed by atoms with Crippen molar-refractivity contribution in [2.24, 2.45) is 0 Å². The highest BCUT2D eigenvalue weighted by molar-refractivity contribution is 7.08. The van der Waals surface area contributed by atoms with E-state index in [1.54, 1.807) is 10.9 Å². The number of carbonyl (C=O) groups excluding carboxylic acids is 2. The van der Waals surface area contributed by atoms with Crippen molar-refractivity contribution >= 4 is 28.7 Å². The SMILES string of the molecule is Cc1ccnn1-c1nc(C2=C(N3CC3)C(=O)C=C(N3CC3)C2=O)ns1. The third kappa shape index (κ3) is 2.30. The lowest BCUT2D eigenvalue weighted by atomic mass is 9.96. The van der Waals surface area contributed by atoms with E-state index in [-0.39, 0.29) is 11.6 Å². The van der Waals surface area contributed by atoms with E-state index in [0.29, 0.717) is 27.9 Å². The summed E-state index contributed by atoms with van der Waals surface area (Å²) in [7, 11) is 0. The van der Waals surface area contributed by atoms with E-state index in [1.165, 1.54) is 17.6 Å². The van der Waals surface area contributed by atoms with Crippen LogP contribution >= 0.6 is 11.5 Å². The molecule has 2 aliphatic heterocycles. The molecule has 2 aromatic rings. The van der Waals surface area contributed by atoms with Crippen LogP contribution in [0.2, 0.25) is 0 Å². The molecule has 0 saturated carbocycles. The Labute approximate surface area is 147 Å². The first-order valence-corrected chi connectivity index (χ1v) is 8.81. The molecule has 0 atom stereocenters. The summed E-state index contributed by atoms with van der Waals surface area (Å²) in [6.07, 6.45) is 3.14. The zero-order valence-corrected chi connectivity index (χ0v) is 14.3. The molecule has 0 spiro atoms. The van der Waals surface area contributed by atoms with Gasteiger partial charge in [-0.05, 0) is 13.0 Å². The molecule has 2 saturated heterocycles. The fraction of sp³-hybridized carbons (Fsp3) is 0.312. The second kappa shape index (κ2) is 5.09. The Balaban J connectivity index is 1.61. The normalized spacial score (nSPS) is 19.6. The van der Waals surface area contributed by atoms with Gasteiger partial charge in [0.25, 0.3) is 0 Å². The lowest BCUT2D eigenvalue weighted by Crippen LogP contribution is -2.26. The number of carbonyl (C=O) groups is 2. The van der Waals surface area contributed by atoms with Crippen LogP contribution in [0.3, 0.4) is 0 Å². The van der Waals surface area contributed by atoms with Gasteiger partial charge in [-0.15, -0.1) is 0 Å². The molecule has 0 aromatic carbocycles. The predicted octanol–water partition coefficient (Wildman–Crippen LogP) is 0.410. The van der Waals surface area contributed by atoms with Crippen LogP contribution in [0.25, 0.3) is 10.7 Å². The summed E-state index contributed by atoms with van der Waals surface area (Å²) < 4.78 is 6.04. The Bertz CT molecular complexity index is 976. The first kappa shape index (κ1) is 14.5. The molecule has 5 rings (SSSR count). The monoisotopic (exact) mass is 354 g/mol. The molecule has 9 heteroatoms. The molecular formula is C16H14N6O2S. The van der Waals surface area contributed by atoms with Crippen LogP contribution in [-0.2, 0) is 9.59 Å². The quantitative estimate of drug-likeness (QED) is 0.581. The summed E-state index contributed by atoms with van der Waals surface area (Å²) in [6.45, 7) is 5.09. The molecule has 126 valence electrons. The van der Waals surface area contributed by atoms with E-state index in [1.807, 2.05) is 22.8 Å². The molecule has 0 amide bonds. The molecular weight excluding hydrogens is 340 g/mol. The number of hydrogen-bond acceptors (Lipinski definition) is 8. The highest BCUT2D eigenvalue weighted by Gasteiger charge is 2.41. The molecule has 25 heavy (non-hydrogen) atoms. The van der Waals surface area contributed by atoms with Crippen molar-refractivity contribution in [1.82, 2.24) is 28.9 Å². The Morgan fingerprint density at radius 2 is 1.88 bits per heavy atom. The van der Waals surface area contributed by atoms with Gasteiger partial charge in [-0.2, -0.15) is 14.5 Å². The molecule has 0 radical (unpaired) electrons. The largest absolute Gasteiger partial charge is 0.365 e. The first-order valence-electron chi connectivity index (χ1n) is 8.03.